The van der Waals surface area contributed by atoms with Gasteiger partial charge in [-0.25, -0.2) is 0 Å². The van der Waals surface area contributed by atoms with E-state index in [2.05, 4.69) is 6.92 Å². The van der Waals surface area contributed by atoms with E-state index in [1.165, 1.54) is 0 Å². The fourth-order valence-corrected chi connectivity index (χ4v) is 0.158. The second-order valence-electron chi connectivity index (χ2n) is 6.64. The SMILES string of the molecule is CC(C)(C)O.CC(C)O.CCC(C)O.CCCCO.CCCO.CCO. The highest BCUT2D eigenvalue weighted by Crippen LogP contribution is 1.93. The molecule has 6 nitrogen and oxygen atoms in total. The molecule has 0 aliphatic heterocycles. The number of aliphatic hydroxyl groups excluding tert-OH is 5. The molecule has 0 aliphatic rings. The highest BCUT2D eigenvalue weighted by atomic mass is 16.3. The summed E-state index contributed by atoms with van der Waals surface area (Å²) in [6.45, 7) is 19.0. The molecule has 6 heteroatoms. The normalized spacial score (nSPS) is 10.0. The maximum Gasteiger partial charge on any atom is 0.0563 e. The molecular formula is C20H52O6. The Kier molecular flexibility index (Phi) is 61.8. The summed E-state index contributed by atoms with van der Waals surface area (Å²) in [5, 5.41) is 48.4. The zero-order valence-electron chi connectivity index (χ0n) is 19.3. The van der Waals surface area contributed by atoms with Gasteiger partial charge in [0, 0.05) is 25.9 Å². The lowest BCUT2D eigenvalue weighted by atomic mass is 10.2. The molecule has 0 fully saturated rings. The highest BCUT2D eigenvalue weighted by Gasteiger charge is 1.97. The molecule has 1 atom stereocenters. The van der Waals surface area contributed by atoms with E-state index in [-0.39, 0.29) is 18.8 Å². The van der Waals surface area contributed by atoms with Crippen molar-refractivity contribution in [3.63, 3.8) is 0 Å². The van der Waals surface area contributed by atoms with E-state index in [0.717, 1.165) is 25.7 Å². The van der Waals surface area contributed by atoms with Crippen LogP contribution in [0.1, 0.15) is 94.9 Å². The van der Waals surface area contributed by atoms with Crippen molar-refractivity contribution in [2.45, 2.75) is 113 Å². The molecule has 0 amide bonds. The van der Waals surface area contributed by atoms with Crippen molar-refractivity contribution in [2.24, 2.45) is 0 Å². The predicted molar refractivity (Wildman–Crippen MR) is 113 cm³/mol. The lowest BCUT2D eigenvalue weighted by Crippen LogP contribution is -2.10. The van der Waals surface area contributed by atoms with Crippen molar-refractivity contribution in [1.82, 2.24) is 0 Å². The van der Waals surface area contributed by atoms with Gasteiger partial charge >= 0.3 is 0 Å². The number of hydrogen-bond acceptors (Lipinski definition) is 6. The molecule has 26 heavy (non-hydrogen) atoms. The smallest absolute Gasteiger partial charge is 0.0563 e. The third-order valence-electron chi connectivity index (χ3n) is 1.33. The van der Waals surface area contributed by atoms with E-state index in [1.807, 2.05) is 13.8 Å². The van der Waals surface area contributed by atoms with Crippen molar-refractivity contribution >= 4 is 0 Å². The van der Waals surface area contributed by atoms with Crippen LogP contribution in [0.25, 0.3) is 0 Å². The summed E-state index contributed by atoms with van der Waals surface area (Å²) in [5.41, 5.74) is -0.500. The van der Waals surface area contributed by atoms with Gasteiger partial charge in [0.1, 0.15) is 0 Å². The van der Waals surface area contributed by atoms with Gasteiger partial charge in [-0.15, -0.1) is 0 Å². The quantitative estimate of drug-likeness (QED) is 0.440. The first-order chi connectivity index (χ1) is 11.7. The first-order valence-electron chi connectivity index (χ1n) is 9.66. The van der Waals surface area contributed by atoms with Crippen LogP contribution in [0.2, 0.25) is 0 Å². The highest BCUT2D eigenvalue weighted by molar-refractivity contribution is 4.50. The second kappa shape index (κ2) is 39.7. The molecule has 0 saturated heterocycles. The van der Waals surface area contributed by atoms with Crippen LogP contribution in [0.3, 0.4) is 0 Å². The molecule has 0 radical (unpaired) electrons. The van der Waals surface area contributed by atoms with Crippen LogP contribution < -0.4 is 0 Å². The lowest BCUT2D eigenvalue weighted by molar-refractivity contribution is 0.102. The van der Waals surface area contributed by atoms with Crippen molar-refractivity contribution in [2.75, 3.05) is 19.8 Å². The molecule has 168 valence electrons. The number of unbranched alkanes of at least 4 members (excludes halogenated alkanes) is 1. The van der Waals surface area contributed by atoms with E-state index in [0.29, 0.717) is 13.2 Å². The predicted octanol–water partition coefficient (Wildman–Crippen LogP) is 3.11. The van der Waals surface area contributed by atoms with Gasteiger partial charge in [0.05, 0.1) is 11.7 Å². The topological polar surface area (TPSA) is 121 Å². The summed E-state index contributed by atoms with van der Waals surface area (Å²) >= 11 is 0. The van der Waals surface area contributed by atoms with Crippen LogP contribution in [0, 0.1) is 0 Å². The molecule has 0 saturated carbocycles. The molecule has 1 unspecified atom stereocenters. The summed E-state index contributed by atoms with van der Waals surface area (Å²) in [6.07, 6.45) is 3.49. The molecule has 0 aliphatic carbocycles. The van der Waals surface area contributed by atoms with Crippen LogP contribution in [0.5, 0.6) is 0 Å². The van der Waals surface area contributed by atoms with E-state index in [4.69, 9.17) is 30.6 Å². The Bertz CT molecular complexity index is 155. The summed E-state index contributed by atoms with van der Waals surface area (Å²) in [5.74, 6) is 0. The van der Waals surface area contributed by atoms with Crippen LogP contribution in [0.4, 0.5) is 0 Å². The van der Waals surface area contributed by atoms with E-state index in [1.54, 1.807) is 48.5 Å². The van der Waals surface area contributed by atoms with Crippen LogP contribution >= 0.6 is 0 Å². The molecule has 0 spiro atoms. The van der Waals surface area contributed by atoms with Crippen molar-refractivity contribution < 1.29 is 30.6 Å². The van der Waals surface area contributed by atoms with Gasteiger partial charge < -0.3 is 30.6 Å². The summed E-state index contributed by atoms with van der Waals surface area (Å²) in [7, 11) is 0. The fourth-order valence-electron chi connectivity index (χ4n) is 0.158. The van der Waals surface area contributed by atoms with E-state index in [9.17, 15) is 0 Å². The van der Waals surface area contributed by atoms with Gasteiger partial charge in [0.25, 0.3) is 0 Å². The molecule has 0 bridgehead atoms. The molecule has 6 N–H and O–H groups in total. The zero-order valence-corrected chi connectivity index (χ0v) is 19.3. The Morgan fingerprint density at radius 3 is 0.923 bits per heavy atom. The Labute approximate surface area is 163 Å². The molecule has 0 heterocycles. The third-order valence-corrected chi connectivity index (χ3v) is 1.33. The second-order valence-corrected chi connectivity index (χ2v) is 6.64. The monoisotopic (exact) mass is 388 g/mol. The summed E-state index contributed by atoms with van der Waals surface area (Å²) in [6, 6.07) is 0. The van der Waals surface area contributed by atoms with Gasteiger partial charge in [0.15, 0.2) is 0 Å². The lowest BCUT2D eigenvalue weighted by Gasteiger charge is -2.04. The average Bonchev–Trinajstić information content (AvgIpc) is 2.47. The minimum Gasteiger partial charge on any atom is -0.397 e. The van der Waals surface area contributed by atoms with Crippen molar-refractivity contribution in [3.05, 3.63) is 0 Å². The van der Waals surface area contributed by atoms with E-state index < -0.39 is 5.60 Å². The summed E-state index contributed by atoms with van der Waals surface area (Å²) in [4.78, 5) is 0. The first kappa shape index (κ1) is 40.4. The fraction of sp³-hybridized carbons (Fsp3) is 1.00. The Morgan fingerprint density at radius 2 is 0.923 bits per heavy atom. The van der Waals surface area contributed by atoms with Gasteiger partial charge in [-0.3, -0.25) is 0 Å². The van der Waals surface area contributed by atoms with E-state index >= 15 is 0 Å². The van der Waals surface area contributed by atoms with Gasteiger partial charge in [0.2, 0.25) is 0 Å². The standard InChI is InChI=1S/3C4H10O.2C3H8O.C2H6O/c1-4(2,3)5;1-3-4(2)5;1-2-3-4-5;1-3(2)4;1-2-3-4;1-2-3/h5H,1-3H3;4-5H,3H2,1-2H3;5H,2-4H2,1H3;3-4H,1-2H3;4H,2-3H2,1H3;3H,2H2,1H3. The Morgan fingerprint density at radius 1 is 0.731 bits per heavy atom. The Balaban J connectivity index is -0.0000000466. The number of aliphatic hydroxyl groups is 6. The van der Waals surface area contributed by atoms with Gasteiger partial charge in [-0.05, 0) is 67.7 Å². The van der Waals surface area contributed by atoms with Gasteiger partial charge in [-0.2, -0.15) is 0 Å². The molecular weight excluding hydrogens is 336 g/mol. The molecule has 0 rings (SSSR count). The summed E-state index contributed by atoms with van der Waals surface area (Å²) < 4.78 is 0. The van der Waals surface area contributed by atoms with Crippen LogP contribution in [-0.2, 0) is 0 Å². The maximum absolute atomic E-state index is 8.52. The largest absolute Gasteiger partial charge is 0.397 e. The van der Waals surface area contributed by atoms with Crippen LogP contribution in [0.15, 0.2) is 0 Å². The minimum absolute atomic E-state index is 0.116. The molecule has 0 aromatic heterocycles. The zero-order chi connectivity index (χ0) is 22.6. The van der Waals surface area contributed by atoms with Gasteiger partial charge in [-0.1, -0.05) is 27.2 Å². The number of hydrogen-bond donors (Lipinski definition) is 6. The van der Waals surface area contributed by atoms with Crippen molar-refractivity contribution in [3.8, 4) is 0 Å². The molecule has 0 aromatic carbocycles. The minimum atomic E-state index is -0.500. The molecule has 0 aromatic rings. The van der Waals surface area contributed by atoms with Crippen molar-refractivity contribution in [1.29, 1.82) is 0 Å². The third kappa shape index (κ3) is 543. The Hall–Kier alpha value is -0.240. The van der Waals surface area contributed by atoms with Crippen LogP contribution in [-0.4, -0.2) is 68.3 Å². The average molecular weight is 389 g/mol. The maximum atomic E-state index is 8.52. The number of rotatable bonds is 4. The first-order valence-corrected chi connectivity index (χ1v) is 9.66.